The monoisotopic (exact) mass is 583 g/mol. The summed E-state index contributed by atoms with van der Waals surface area (Å²) in [6.45, 7) is 2.88. The fourth-order valence-corrected chi connectivity index (χ4v) is 5.30. The molecule has 0 saturated heterocycles. The molecule has 5 aromatic rings. The molecular weight excluding hydrogens is 550 g/mol. The number of methoxy groups -OCH3 is 1. The number of carbonyl (C=O) groups is 2. The van der Waals surface area contributed by atoms with Gasteiger partial charge in [-0.2, -0.15) is 5.10 Å². The van der Waals surface area contributed by atoms with Crippen LogP contribution in [0, 0.1) is 0 Å². The van der Waals surface area contributed by atoms with Crippen molar-refractivity contribution in [1.29, 1.82) is 0 Å². The van der Waals surface area contributed by atoms with E-state index < -0.39 is 0 Å². The molecule has 0 atom stereocenters. The average molecular weight is 584 g/mol. The first kappa shape index (κ1) is 28.0. The molecule has 0 fully saturated rings. The number of nitrogens with zero attached hydrogens (tertiary/aromatic N) is 7. The highest BCUT2D eigenvalue weighted by Crippen LogP contribution is 2.32. The van der Waals surface area contributed by atoms with E-state index in [4.69, 9.17) is 13.9 Å². The number of benzene rings is 1. The minimum Gasteiger partial charge on any atom is -0.493 e. The number of furan rings is 1. The van der Waals surface area contributed by atoms with Crippen molar-refractivity contribution >= 4 is 17.5 Å². The molecule has 0 unspecified atom stereocenters. The Morgan fingerprint density at radius 3 is 2.53 bits per heavy atom. The van der Waals surface area contributed by atoms with Gasteiger partial charge in [-0.3, -0.25) is 9.59 Å². The van der Waals surface area contributed by atoms with Gasteiger partial charge < -0.3 is 28.3 Å². The molecule has 0 saturated carbocycles. The topological polar surface area (TPSA) is 120 Å². The molecule has 0 radical (unpaired) electrons. The zero-order valence-corrected chi connectivity index (χ0v) is 24.0. The van der Waals surface area contributed by atoms with Gasteiger partial charge >= 0.3 is 0 Å². The summed E-state index contributed by atoms with van der Waals surface area (Å²) in [6.07, 6.45) is 10.6. The number of aryl methyl sites for hydroxylation is 1. The summed E-state index contributed by atoms with van der Waals surface area (Å²) in [5.41, 5.74) is 2.06. The molecule has 6 rings (SSSR count). The van der Waals surface area contributed by atoms with E-state index in [9.17, 15) is 9.59 Å². The summed E-state index contributed by atoms with van der Waals surface area (Å²) < 4.78 is 20.8. The molecule has 1 aromatic carbocycles. The summed E-state index contributed by atoms with van der Waals surface area (Å²) in [5.74, 6) is 1.97. The van der Waals surface area contributed by atoms with Crippen LogP contribution in [0.25, 0.3) is 17.0 Å². The van der Waals surface area contributed by atoms with Gasteiger partial charge in [0.2, 0.25) is 0 Å². The SMILES string of the molecule is COc1ccc2cc1OCCN(C(=O)c1ccco1)CCCCN(C(=O)c1ccn3ncnc3c1)CCCn1ccnc1-2. The Labute approximate surface area is 248 Å². The zero-order chi connectivity index (χ0) is 29.6. The molecule has 43 heavy (non-hydrogen) atoms. The number of aromatic nitrogens is 5. The number of hydrogen-bond acceptors (Lipinski definition) is 8. The van der Waals surface area contributed by atoms with Crippen molar-refractivity contribution in [3.63, 3.8) is 0 Å². The summed E-state index contributed by atoms with van der Waals surface area (Å²) in [6, 6.07) is 12.6. The fraction of sp³-hybridized carbons (Fsp3) is 0.323. The van der Waals surface area contributed by atoms with Crippen LogP contribution in [0.2, 0.25) is 0 Å². The molecule has 2 bridgehead atoms. The van der Waals surface area contributed by atoms with Crippen molar-refractivity contribution in [3.05, 3.63) is 85.0 Å². The van der Waals surface area contributed by atoms with E-state index in [1.54, 1.807) is 53.2 Å². The highest BCUT2D eigenvalue weighted by Gasteiger charge is 2.21. The standard InChI is InChI=1S/C31H33N7O5/c1-41-25-8-7-23-20-27(25)43-19-17-37(31(40)26-6-4-18-42-26)12-3-2-11-36(14-5-13-35-16-10-32-29(23)35)30(39)24-9-15-38-28(21-24)33-22-34-38/h4,6-10,15-16,18,20-22H,2-3,5,11-14,17,19H2,1H3. The van der Waals surface area contributed by atoms with Gasteiger partial charge in [0, 0.05) is 55.9 Å². The minimum absolute atomic E-state index is 0.0639. The lowest BCUT2D eigenvalue weighted by Crippen LogP contribution is -2.36. The van der Waals surface area contributed by atoms with Crippen LogP contribution in [0.1, 0.15) is 40.2 Å². The van der Waals surface area contributed by atoms with Gasteiger partial charge in [-0.15, -0.1) is 0 Å². The van der Waals surface area contributed by atoms with Crippen LogP contribution in [-0.2, 0) is 6.54 Å². The van der Waals surface area contributed by atoms with Crippen LogP contribution < -0.4 is 9.47 Å². The molecule has 5 heterocycles. The van der Waals surface area contributed by atoms with Gasteiger partial charge in [0.15, 0.2) is 22.9 Å². The molecule has 1 aliphatic heterocycles. The van der Waals surface area contributed by atoms with Crippen LogP contribution >= 0.6 is 0 Å². The lowest BCUT2D eigenvalue weighted by atomic mass is 10.2. The van der Waals surface area contributed by atoms with Crippen molar-refractivity contribution in [2.45, 2.75) is 25.8 Å². The van der Waals surface area contributed by atoms with Crippen molar-refractivity contribution in [3.8, 4) is 22.9 Å². The predicted octanol–water partition coefficient (Wildman–Crippen LogP) is 4.04. The zero-order valence-electron chi connectivity index (χ0n) is 24.0. The van der Waals surface area contributed by atoms with Gasteiger partial charge in [-0.1, -0.05) is 0 Å². The third-order valence-corrected chi connectivity index (χ3v) is 7.52. The molecule has 4 aromatic heterocycles. The van der Waals surface area contributed by atoms with E-state index in [1.165, 1.54) is 12.6 Å². The lowest BCUT2D eigenvalue weighted by molar-refractivity contribution is 0.0680. The maximum Gasteiger partial charge on any atom is 0.289 e. The predicted molar refractivity (Wildman–Crippen MR) is 157 cm³/mol. The number of amides is 2. The smallest absolute Gasteiger partial charge is 0.289 e. The lowest BCUT2D eigenvalue weighted by Gasteiger charge is -2.25. The van der Waals surface area contributed by atoms with Gasteiger partial charge in [0.05, 0.1) is 19.9 Å². The fourth-order valence-electron chi connectivity index (χ4n) is 5.30. The maximum atomic E-state index is 13.7. The molecule has 12 nitrogen and oxygen atoms in total. The van der Waals surface area contributed by atoms with Gasteiger partial charge in [-0.05, 0) is 61.7 Å². The molecule has 0 N–H and O–H groups in total. The van der Waals surface area contributed by atoms with Crippen LogP contribution in [-0.4, -0.2) is 85.7 Å². The van der Waals surface area contributed by atoms with E-state index in [0.717, 1.165) is 17.8 Å². The highest BCUT2D eigenvalue weighted by molar-refractivity contribution is 5.95. The molecule has 2 amide bonds. The summed E-state index contributed by atoms with van der Waals surface area (Å²) in [5, 5.41) is 4.13. The second-order valence-corrected chi connectivity index (χ2v) is 10.3. The number of hydrogen-bond donors (Lipinski definition) is 0. The molecule has 0 aliphatic carbocycles. The Hall–Kier alpha value is -5.13. The second-order valence-electron chi connectivity index (χ2n) is 10.3. The Kier molecular flexibility index (Phi) is 8.34. The Morgan fingerprint density at radius 1 is 0.884 bits per heavy atom. The summed E-state index contributed by atoms with van der Waals surface area (Å²) >= 11 is 0. The normalized spacial score (nSPS) is 15.0. The number of pyridine rings is 1. The van der Waals surface area contributed by atoms with Gasteiger partial charge in [0.25, 0.3) is 11.8 Å². The second kappa shape index (κ2) is 12.8. The van der Waals surface area contributed by atoms with Gasteiger partial charge in [0.1, 0.15) is 18.8 Å². The van der Waals surface area contributed by atoms with E-state index in [1.807, 2.05) is 29.3 Å². The van der Waals surface area contributed by atoms with Crippen molar-refractivity contribution in [2.24, 2.45) is 0 Å². The van der Waals surface area contributed by atoms with E-state index in [-0.39, 0.29) is 24.2 Å². The molecule has 12 heteroatoms. The molecular formula is C31H33N7O5. The first-order chi connectivity index (χ1) is 21.1. The van der Waals surface area contributed by atoms with E-state index in [2.05, 4.69) is 19.6 Å². The largest absolute Gasteiger partial charge is 0.493 e. The molecule has 1 aliphatic rings. The summed E-state index contributed by atoms with van der Waals surface area (Å²) in [4.78, 5) is 39.4. The number of rotatable bonds is 3. The Bertz CT molecular complexity index is 1690. The first-order valence-electron chi connectivity index (χ1n) is 14.3. The molecule has 222 valence electrons. The van der Waals surface area contributed by atoms with Gasteiger partial charge in [-0.25, -0.2) is 14.5 Å². The quantitative estimate of drug-likeness (QED) is 0.312. The Morgan fingerprint density at radius 2 is 1.72 bits per heavy atom. The highest BCUT2D eigenvalue weighted by atomic mass is 16.5. The van der Waals surface area contributed by atoms with E-state index >= 15 is 0 Å². The third-order valence-electron chi connectivity index (χ3n) is 7.52. The van der Waals surface area contributed by atoms with Crippen molar-refractivity contribution in [1.82, 2.24) is 33.9 Å². The maximum absolute atomic E-state index is 13.7. The summed E-state index contributed by atoms with van der Waals surface area (Å²) in [7, 11) is 1.60. The van der Waals surface area contributed by atoms with Crippen LogP contribution in [0.15, 0.2) is 78.1 Å². The van der Waals surface area contributed by atoms with Crippen LogP contribution in [0.5, 0.6) is 11.5 Å². The minimum atomic E-state index is -0.205. The van der Waals surface area contributed by atoms with Crippen LogP contribution in [0.3, 0.4) is 0 Å². The van der Waals surface area contributed by atoms with E-state index in [0.29, 0.717) is 68.3 Å². The van der Waals surface area contributed by atoms with Crippen molar-refractivity contribution < 1.29 is 23.5 Å². The first-order valence-corrected chi connectivity index (χ1v) is 14.3. The van der Waals surface area contributed by atoms with Crippen LogP contribution in [0.4, 0.5) is 0 Å². The third kappa shape index (κ3) is 6.22. The Balaban J connectivity index is 1.27. The average Bonchev–Trinajstić information content (AvgIpc) is 3.82. The number of imidazole rings is 1. The molecule has 0 spiro atoms. The number of carbonyl (C=O) groups excluding carboxylic acids is 2. The number of fused-ring (bicyclic) bond motifs is 5. The number of ether oxygens (including phenoxy) is 2. The van der Waals surface area contributed by atoms with Crippen molar-refractivity contribution in [2.75, 3.05) is 39.9 Å².